The molecule has 0 saturated carbocycles. The highest BCUT2D eigenvalue weighted by molar-refractivity contribution is 7.12. The smallest absolute Gasteiger partial charge is 0.266 e. The van der Waals surface area contributed by atoms with Crippen LogP contribution in [0.2, 0.25) is 0 Å². The normalized spacial score (nSPS) is 11.3. The number of aromatic nitrogens is 1. The first-order valence-corrected chi connectivity index (χ1v) is 6.50. The molecule has 5 heteroatoms. The average molecular weight is 259 g/mol. The zero-order chi connectivity index (χ0) is 12.8. The van der Waals surface area contributed by atoms with E-state index in [1.54, 1.807) is 18.5 Å². The Morgan fingerprint density at radius 3 is 2.78 bits per heavy atom. The minimum atomic E-state index is -0.176. The molecule has 2 aromatic heterocycles. The van der Waals surface area contributed by atoms with Gasteiger partial charge in [-0.1, -0.05) is 13.0 Å². The number of thiophene rings is 1. The van der Waals surface area contributed by atoms with Crippen molar-refractivity contribution in [1.82, 2.24) is 10.4 Å². The molecular weight excluding hydrogens is 246 g/mol. The van der Waals surface area contributed by atoms with Crippen molar-refractivity contribution in [3.05, 3.63) is 52.5 Å². The second-order valence-corrected chi connectivity index (χ2v) is 4.51. The van der Waals surface area contributed by atoms with Crippen LogP contribution in [0.25, 0.3) is 0 Å². The maximum atomic E-state index is 11.7. The van der Waals surface area contributed by atoms with Crippen LogP contribution in [-0.4, -0.2) is 16.6 Å². The Balaban J connectivity index is 2.10. The van der Waals surface area contributed by atoms with E-state index in [4.69, 9.17) is 0 Å². The lowest BCUT2D eigenvalue weighted by Crippen LogP contribution is -2.18. The summed E-state index contributed by atoms with van der Waals surface area (Å²) in [5, 5.41) is 6.03. The zero-order valence-electron chi connectivity index (χ0n) is 9.96. The van der Waals surface area contributed by atoms with Crippen LogP contribution in [0.3, 0.4) is 0 Å². The van der Waals surface area contributed by atoms with E-state index in [2.05, 4.69) is 15.5 Å². The topological polar surface area (TPSA) is 54.4 Å². The fraction of sp³-hybridized carbons (Fsp3) is 0.154. The van der Waals surface area contributed by atoms with Gasteiger partial charge >= 0.3 is 0 Å². The van der Waals surface area contributed by atoms with Gasteiger partial charge in [-0.2, -0.15) is 5.10 Å². The van der Waals surface area contributed by atoms with Crippen LogP contribution in [-0.2, 0) is 0 Å². The van der Waals surface area contributed by atoms with Crippen LogP contribution >= 0.6 is 11.3 Å². The van der Waals surface area contributed by atoms with Crippen molar-refractivity contribution in [2.45, 2.75) is 13.3 Å². The van der Waals surface area contributed by atoms with E-state index in [1.165, 1.54) is 11.3 Å². The number of pyridine rings is 1. The van der Waals surface area contributed by atoms with Crippen LogP contribution in [0.4, 0.5) is 0 Å². The molecule has 0 spiro atoms. The van der Waals surface area contributed by atoms with Gasteiger partial charge in [-0.3, -0.25) is 9.78 Å². The van der Waals surface area contributed by atoms with E-state index >= 15 is 0 Å². The summed E-state index contributed by atoms with van der Waals surface area (Å²) < 4.78 is 0. The summed E-state index contributed by atoms with van der Waals surface area (Å²) in [4.78, 5) is 16.4. The van der Waals surface area contributed by atoms with E-state index in [-0.39, 0.29) is 5.91 Å². The monoisotopic (exact) mass is 259 g/mol. The molecule has 0 fully saturated rings. The molecule has 18 heavy (non-hydrogen) atoms. The molecule has 1 amide bonds. The van der Waals surface area contributed by atoms with Crippen molar-refractivity contribution in [3.63, 3.8) is 0 Å². The predicted molar refractivity (Wildman–Crippen MR) is 72.9 cm³/mol. The van der Waals surface area contributed by atoms with Gasteiger partial charge < -0.3 is 0 Å². The Morgan fingerprint density at radius 1 is 1.39 bits per heavy atom. The summed E-state index contributed by atoms with van der Waals surface area (Å²) in [5.41, 5.74) is 4.38. The van der Waals surface area contributed by atoms with E-state index in [0.29, 0.717) is 4.88 Å². The quantitative estimate of drug-likeness (QED) is 0.678. The molecule has 2 aromatic rings. The highest BCUT2D eigenvalue weighted by Gasteiger charge is 2.06. The molecular formula is C13H13N3OS. The SMILES string of the molecule is CCC(=NNC(=O)c1cccs1)c1ccncc1. The molecule has 0 saturated heterocycles. The van der Waals surface area contributed by atoms with Gasteiger partial charge in [0.25, 0.3) is 5.91 Å². The van der Waals surface area contributed by atoms with E-state index < -0.39 is 0 Å². The van der Waals surface area contributed by atoms with Gasteiger partial charge in [-0.25, -0.2) is 5.43 Å². The fourth-order valence-corrected chi connectivity index (χ4v) is 2.09. The summed E-state index contributed by atoms with van der Waals surface area (Å²) >= 11 is 1.39. The van der Waals surface area contributed by atoms with Crippen molar-refractivity contribution < 1.29 is 4.79 Å². The first kappa shape index (κ1) is 12.4. The molecule has 4 nitrogen and oxygen atoms in total. The third kappa shape index (κ3) is 3.01. The molecule has 0 aromatic carbocycles. The number of hydrogen-bond donors (Lipinski definition) is 1. The molecule has 0 aliphatic rings. The average Bonchev–Trinajstić information content (AvgIpc) is 2.94. The van der Waals surface area contributed by atoms with Gasteiger partial charge in [0.1, 0.15) is 0 Å². The van der Waals surface area contributed by atoms with Crippen LogP contribution in [0, 0.1) is 0 Å². The molecule has 1 N–H and O–H groups in total. The van der Waals surface area contributed by atoms with Crippen LogP contribution in [0.15, 0.2) is 47.1 Å². The van der Waals surface area contributed by atoms with Crippen LogP contribution in [0.5, 0.6) is 0 Å². The minimum Gasteiger partial charge on any atom is -0.266 e. The van der Waals surface area contributed by atoms with Crippen LogP contribution in [0.1, 0.15) is 28.6 Å². The zero-order valence-corrected chi connectivity index (χ0v) is 10.8. The molecule has 2 heterocycles. The Hall–Kier alpha value is -2.01. The summed E-state index contributed by atoms with van der Waals surface area (Å²) in [5.74, 6) is -0.176. The summed E-state index contributed by atoms with van der Waals surface area (Å²) in [6.45, 7) is 2.00. The number of nitrogens with zero attached hydrogens (tertiary/aromatic N) is 2. The molecule has 0 aliphatic heterocycles. The third-order valence-corrected chi connectivity index (χ3v) is 3.25. The standard InChI is InChI=1S/C13H13N3OS/c1-2-11(10-5-7-14-8-6-10)15-16-13(17)12-4-3-9-18-12/h3-9H,2H2,1H3,(H,16,17). The first-order valence-electron chi connectivity index (χ1n) is 5.62. The lowest BCUT2D eigenvalue weighted by molar-refractivity contribution is 0.0959. The highest BCUT2D eigenvalue weighted by Crippen LogP contribution is 2.08. The van der Waals surface area contributed by atoms with E-state index in [0.717, 1.165) is 17.7 Å². The lowest BCUT2D eigenvalue weighted by Gasteiger charge is -2.03. The van der Waals surface area contributed by atoms with Gasteiger partial charge in [0, 0.05) is 18.0 Å². The van der Waals surface area contributed by atoms with Crippen molar-refractivity contribution in [2.75, 3.05) is 0 Å². The molecule has 0 aliphatic carbocycles. The first-order chi connectivity index (χ1) is 8.81. The maximum absolute atomic E-state index is 11.7. The summed E-state index contributed by atoms with van der Waals surface area (Å²) in [6.07, 6.45) is 4.16. The van der Waals surface area contributed by atoms with Crippen molar-refractivity contribution >= 4 is 23.0 Å². The summed E-state index contributed by atoms with van der Waals surface area (Å²) in [7, 11) is 0. The third-order valence-electron chi connectivity index (χ3n) is 2.39. The number of hydrogen-bond acceptors (Lipinski definition) is 4. The minimum absolute atomic E-state index is 0.176. The molecule has 0 bridgehead atoms. The number of rotatable bonds is 4. The molecule has 0 radical (unpaired) electrons. The van der Waals surface area contributed by atoms with Gasteiger partial charge in [-0.15, -0.1) is 11.3 Å². The Morgan fingerprint density at radius 2 is 2.17 bits per heavy atom. The Labute approximate surface area is 109 Å². The number of amides is 1. The summed E-state index contributed by atoms with van der Waals surface area (Å²) in [6, 6.07) is 7.36. The van der Waals surface area contributed by atoms with Gasteiger partial charge in [0.2, 0.25) is 0 Å². The van der Waals surface area contributed by atoms with E-state index in [9.17, 15) is 4.79 Å². The van der Waals surface area contributed by atoms with E-state index in [1.807, 2.05) is 30.5 Å². The Kier molecular flexibility index (Phi) is 4.20. The van der Waals surface area contributed by atoms with Crippen LogP contribution < -0.4 is 5.43 Å². The second-order valence-electron chi connectivity index (χ2n) is 3.57. The van der Waals surface area contributed by atoms with Gasteiger partial charge in [0.05, 0.1) is 10.6 Å². The number of carbonyl (C=O) groups excluding carboxylic acids is 1. The second kappa shape index (κ2) is 6.07. The lowest BCUT2D eigenvalue weighted by atomic mass is 10.1. The molecule has 2 rings (SSSR count). The molecule has 92 valence electrons. The van der Waals surface area contributed by atoms with Crippen molar-refractivity contribution in [3.8, 4) is 0 Å². The molecule has 0 atom stereocenters. The van der Waals surface area contributed by atoms with Crippen molar-refractivity contribution in [1.29, 1.82) is 0 Å². The predicted octanol–water partition coefficient (Wildman–Crippen LogP) is 2.69. The number of hydrazone groups is 1. The van der Waals surface area contributed by atoms with Gasteiger partial charge in [0.15, 0.2) is 0 Å². The fourth-order valence-electron chi connectivity index (χ4n) is 1.47. The molecule has 0 unspecified atom stereocenters. The highest BCUT2D eigenvalue weighted by atomic mass is 32.1. The largest absolute Gasteiger partial charge is 0.281 e. The Bertz CT molecular complexity index is 535. The number of nitrogens with one attached hydrogen (secondary N) is 1. The maximum Gasteiger partial charge on any atom is 0.281 e. The van der Waals surface area contributed by atoms with Crippen molar-refractivity contribution in [2.24, 2.45) is 5.10 Å². The van der Waals surface area contributed by atoms with Gasteiger partial charge in [-0.05, 0) is 30.0 Å². The number of carbonyl (C=O) groups is 1.